The van der Waals surface area contributed by atoms with Crippen LogP contribution in [-0.4, -0.2) is 60.4 Å². The van der Waals surface area contributed by atoms with Crippen LogP contribution in [0.1, 0.15) is 48.9 Å². The van der Waals surface area contributed by atoms with Crippen LogP contribution in [0.4, 0.5) is 0 Å². The number of carbonyl (C=O) groups excluding carboxylic acids is 2. The molecule has 1 saturated heterocycles. The van der Waals surface area contributed by atoms with E-state index in [0.29, 0.717) is 23.6 Å². The number of rotatable bonds is 5. The number of hydrogen-bond donors (Lipinski definition) is 1. The maximum Gasteiger partial charge on any atom is 0.254 e. The van der Waals surface area contributed by atoms with E-state index in [1.807, 2.05) is 9.80 Å². The van der Waals surface area contributed by atoms with Gasteiger partial charge in [0.2, 0.25) is 5.91 Å². The molecule has 1 aromatic rings. The first-order chi connectivity index (χ1) is 12.6. The van der Waals surface area contributed by atoms with Crippen molar-refractivity contribution in [3.05, 3.63) is 34.9 Å². The molecule has 1 aliphatic heterocycles. The summed E-state index contributed by atoms with van der Waals surface area (Å²) >= 11 is 5.95. The molecule has 2 fully saturated rings. The highest BCUT2D eigenvalue weighted by molar-refractivity contribution is 6.30. The van der Waals surface area contributed by atoms with Gasteiger partial charge in [-0.1, -0.05) is 30.9 Å². The van der Waals surface area contributed by atoms with Gasteiger partial charge in [0, 0.05) is 55.8 Å². The summed E-state index contributed by atoms with van der Waals surface area (Å²) in [6, 6.07) is 7.29. The summed E-state index contributed by atoms with van der Waals surface area (Å²) in [6.07, 6.45) is 6.00. The van der Waals surface area contributed by atoms with E-state index in [1.165, 1.54) is 6.42 Å². The Labute approximate surface area is 160 Å². The molecular weight excluding hydrogens is 350 g/mol. The first kappa shape index (κ1) is 19.2. The lowest BCUT2D eigenvalue weighted by Crippen LogP contribution is -2.48. The molecule has 1 aromatic carbocycles. The number of nitrogens with one attached hydrogen (secondary N) is 1. The van der Waals surface area contributed by atoms with Gasteiger partial charge in [-0.25, -0.2) is 0 Å². The van der Waals surface area contributed by atoms with Crippen molar-refractivity contribution in [1.82, 2.24) is 15.1 Å². The van der Waals surface area contributed by atoms with Crippen molar-refractivity contribution in [3.8, 4) is 0 Å². The molecule has 3 rings (SSSR count). The molecule has 0 aromatic heterocycles. The summed E-state index contributed by atoms with van der Waals surface area (Å²) in [5.74, 6) is 0.165. The maximum absolute atomic E-state index is 13.1. The van der Waals surface area contributed by atoms with Gasteiger partial charge < -0.3 is 15.1 Å². The van der Waals surface area contributed by atoms with Crippen LogP contribution in [0.15, 0.2) is 24.3 Å². The Morgan fingerprint density at radius 2 is 1.73 bits per heavy atom. The van der Waals surface area contributed by atoms with Gasteiger partial charge >= 0.3 is 0 Å². The van der Waals surface area contributed by atoms with Gasteiger partial charge in [-0.2, -0.15) is 0 Å². The number of hydrogen-bond acceptors (Lipinski definition) is 3. The summed E-state index contributed by atoms with van der Waals surface area (Å²) in [5.41, 5.74) is 0.648. The van der Waals surface area contributed by atoms with E-state index in [9.17, 15) is 9.59 Å². The lowest BCUT2D eigenvalue weighted by molar-refractivity contribution is -0.132. The van der Waals surface area contributed by atoms with Crippen LogP contribution in [0.5, 0.6) is 0 Å². The molecule has 0 atom stereocenters. The van der Waals surface area contributed by atoms with E-state index in [-0.39, 0.29) is 17.9 Å². The van der Waals surface area contributed by atoms with Gasteiger partial charge in [0.05, 0.1) is 0 Å². The summed E-state index contributed by atoms with van der Waals surface area (Å²) in [6.45, 7) is 3.71. The topological polar surface area (TPSA) is 52.7 Å². The van der Waals surface area contributed by atoms with E-state index >= 15 is 0 Å². The Balaban J connectivity index is 1.67. The van der Waals surface area contributed by atoms with Crippen molar-refractivity contribution < 1.29 is 9.59 Å². The molecule has 2 aliphatic rings. The summed E-state index contributed by atoms with van der Waals surface area (Å²) in [7, 11) is 0. The van der Waals surface area contributed by atoms with Crippen LogP contribution in [0.2, 0.25) is 5.02 Å². The minimum atomic E-state index is 0.0154. The zero-order chi connectivity index (χ0) is 18.4. The van der Waals surface area contributed by atoms with Crippen LogP contribution in [-0.2, 0) is 4.79 Å². The van der Waals surface area contributed by atoms with Gasteiger partial charge in [0.25, 0.3) is 5.91 Å². The van der Waals surface area contributed by atoms with Gasteiger partial charge in [0.15, 0.2) is 0 Å². The molecule has 5 nitrogen and oxygen atoms in total. The molecule has 2 amide bonds. The number of halogens is 1. The van der Waals surface area contributed by atoms with E-state index in [0.717, 1.165) is 51.9 Å². The third-order valence-electron chi connectivity index (χ3n) is 5.40. The van der Waals surface area contributed by atoms with Crippen LogP contribution < -0.4 is 5.32 Å². The second-order valence-electron chi connectivity index (χ2n) is 7.18. The third-order valence-corrected chi connectivity index (χ3v) is 5.66. The lowest BCUT2D eigenvalue weighted by Gasteiger charge is -2.35. The Hall–Kier alpha value is -1.59. The van der Waals surface area contributed by atoms with Crippen LogP contribution in [0.3, 0.4) is 0 Å². The molecule has 26 heavy (non-hydrogen) atoms. The van der Waals surface area contributed by atoms with Gasteiger partial charge in [-0.05, 0) is 37.1 Å². The van der Waals surface area contributed by atoms with E-state index in [2.05, 4.69) is 5.32 Å². The third kappa shape index (κ3) is 4.98. The molecule has 1 saturated carbocycles. The van der Waals surface area contributed by atoms with E-state index in [1.54, 1.807) is 24.3 Å². The van der Waals surface area contributed by atoms with Crippen molar-refractivity contribution in [1.29, 1.82) is 0 Å². The highest BCUT2D eigenvalue weighted by Crippen LogP contribution is 2.25. The highest BCUT2D eigenvalue weighted by atomic mass is 35.5. The largest absolute Gasteiger partial charge is 0.340 e. The molecular formula is C20H28ClN3O2. The number of amides is 2. The van der Waals surface area contributed by atoms with Crippen molar-refractivity contribution in [2.45, 2.75) is 44.6 Å². The second-order valence-corrected chi connectivity index (χ2v) is 7.61. The summed E-state index contributed by atoms with van der Waals surface area (Å²) in [4.78, 5) is 29.5. The quantitative estimate of drug-likeness (QED) is 0.858. The van der Waals surface area contributed by atoms with E-state index < -0.39 is 0 Å². The maximum atomic E-state index is 13.1. The molecule has 0 unspecified atom stereocenters. The summed E-state index contributed by atoms with van der Waals surface area (Å²) in [5, 5.41) is 3.89. The Morgan fingerprint density at radius 3 is 2.38 bits per heavy atom. The fraction of sp³-hybridized carbons (Fsp3) is 0.600. The Kier molecular flexibility index (Phi) is 6.92. The first-order valence-corrected chi connectivity index (χ1v) is 10.1. The van der Waals surface area contributed by atoms with Gasteiger partial charge in [-0.15, -0.1) is 0 Å². The van der Waals surface area contributed by atoms with Crippen molar-refractivity contribution in [2.75, 3.05) is 32.7 Å². The molecule has 6 heteroatoms. The number of nitrogens with zero attached hydrogens (tertiary/aromatic N) is 2. The van der Waals surface area contributed by atoms with Crippen molar-refractivity contribution in [3.63, 3.8) is 0 Å². The average Bonchev–Trinajstić information content (AvgIpc) is 2.70. The van der Waals surface area contributed by atoms with Gasteiger partial charge in [0.1, 0.15) is 0 Å². The zero-order valence-electron chi connectivity index (χ0n) is 15.3. The van der Waals surface area contributed by atoms with E-state index in [4.69, 9.17) is 11.6 Å². The molecule has 0 spiro atoms. The van der Waals surface area contributed by atoms with Crippen LogP contribution in [0, 0.1) is 0 Å². The molecule has 142 valence electrons. The lowest BCUT2D eigenvalue weighted by atomic mass is 9.93. The predicted octanol–water partition coefficient (Wildman–Crippen LogP) is 2.94. The molecule has 0 bridgehead atoms. The average molecular weight is 378 g/mol. The SMILES string of the molecule is O=C(CCN(C(=O)c1ccc(Cl)cc1)C1CCCCC1)N1CCNCC1. The van der Waals surface area contributed by atoms with Crippen LogP contribution >= 0.6 is 11.6 Å². The fourth-order valence-electron chi connectivity index (χ4n) is 3.89. The van der Waals surface area contributed by atoms with Crippen LogP contribution in [0.25, 0.3) is 0 Å². The Bertz CT molecular complexity index is 608. The minimum Gasteiger partial charge on any atom is -0.340 e. The second kappa shape index (κ2) is 9.38. The predicted molar refractivity (Wildman–Crippen MR) is 103 cm³/mol. The smallest absolute Gasteiger partial charge is 0.254 e. The number of carbonyl (C=O) groups is 2. The fourth-order valence-corrected chi connectivity index (χ4v) is 4.02. The molecule has 1 aliphatic carbocycles. The normalized spacial score (nSPS) is 18.6. The summed E-state index contributed by atoms with van der Waals surface area (Å²) < 4.78 is 0. The first-order valence-electron chi connectivity index (χ1n) is 9.70. The van der Waals surface area contributed by atoms with Gasteiger partial charge in [-0.3, -0.25) is 9.59 Å². The molecule has 0 radical (unpaired) electrons. The Morgan fingerprint density at radius 1 is 1.08 bits per heavy atom. The molecule has 1 N–H and O–H groups in total. The minimum absolute atomic E-state index is 0.0154. The molecule has 1 heterocycles. The van der Waals surface area contributed by atoms with Crippen molar-refractivity contribution in [2.24, 2.45) is 0 Å². The number of benzene rings is 1. The highest BCUT2D eigenvalue weighted by Gasteiger charge is 2.27. The number of piperazine rings is 1. The zero-order valence-corrected chi connectivity index (χ0v) is 16.0. The standard InChI is InChI=1S/C20H28ClN3O2/c21-17-8-6-16(7-9-17)20(26)24(18-4-2-1-3-5-18)13-10-19(25)23-14-11-22-12-15-23/h6-9,18,22H,1-5,10-15H2. The monoisotopic (exact) mass is 377 g/mol. The van der Waals surface area contributed by atoms with Crippen molar-refractivity contribution >= 4 is 23.4 Å².